The van der Waals surface area contributed by atoms with E-state index in [1.54, 1.807) is 6.08 Å². The van der Waals surface area contributed by atoms with Gasteiger partial charge in [0.2, 0.25) is 5.91 Å². The number of hydrogen-bond acceptors (Lipinski definition) is 6. The van der Waals surface area contributed by atoms with Gasteiger partial charge in [0.1, 0.15) is 29.3 Å². The van der Waals surface area contributed by atoms with Crippen molar-refractivity contribution in [2.75, 3.05) is 24.2 Å². The van der Waals surface area contributed by atoms with Gasteiger partial charge in [-0.05, 0) is 55.3 Å². The average molecular weight is 533 g/mol. The maximum absolute atomic E-state index is 12.6. The van der Waals surface area contributed by atoms with E-state index in [2.05, 4.69) is 25.9 Å². The number of allylic oxidation sites excluding steroid dienone is 1. The highest BCUT2D eigenvalue weighted by Gasteiger charge is 2.28. The van der Waals surface area contributed by atoms with Crippen LogP contribution in [0.2, 0.25) is 0 Å². The molecule has 4 aromatic rings. The molecule has 0 radical (unpaired) electrons. The number of halogens is 1. The zero-order valence-corrected chi connectivity index (χ0v) is 20.6. The van der Waals surface area contributed by atoms with Crippen LogP contribution in [0.15, 0.2) is 73.1 Å². The quantitative estimate of drug-likeness (QED) is 0.277. The van der Waals surface area contributed by atoms with Gasteiger partial charge in [-0.2, -0.15) is 5.10 Å². The number of likely N-dealkylation sites (tertiary alicyclic amines) is 1. The molecule has 35 heavy (non-hydrogen) atoms. The largest absolute Gasteiger partial charge is 0.457 e. The molecule has 2 N–H and O–H groups in total. The minimum atomic E-state index is -0.00342. The number of nitrogens with zero attached hydrogens (tertiary/aromatic N) is 5. The molecule has 0 aliphatic carbocycles. The first-order valence-corrected chi connectivity index (χ1v) is 12.6. The predicted octanol–water partition coefficient (Wildman–Crippen LogP) is 4.98. The number of carbonyl (C=O) groups is 1. The number of nitrogens with two attached hydrogens (primary N) is 1. The van der Waals surface area contributed by atoms with Crippen LogP contribution in [-0.2, 0) is 4.79 Å². The summed E-state index contributed by atoms with van der Waals surface area (Å²) in [5.74, 6) is 1.89. The van der Waals surface area contributed by atoms with Gasteiger partial charge in [0.05, 0.1) is 11.4 Å². The number of alkyl halides is 1. The normalized spacial score (nSPS) is 16.1. The van der Waals surface area contributed by atoms with Gasteiger partial charge in [-0.25, -0.2) is 14.6 Å². The number of anilines is 1. The molecular formula is C26H25BrN6O2. The summed E-state index contributed by atoms with van der Waals surface area (Å²) in [5, 5.41) is 6.31. The minimum Gasteiger partial charge on any atom is -0.457 e. The Morgan fingerprint density at radius 2 is 1.89 bits per heavy atom. The summed E-state index contributed by atoms with van der Waals surface area (Å²) in [4.78, 5) is 23.2. The molecule has 0 spiro atoms. The van der Waals surface area contributed by atoms with E-state index in [0.29, 0.717) is 34.4 Å². The number of piperidine rings is 1. The maximum atomic E-state index is 12.6. The lowest BCUT2D eigenvalue weighted by molar-refractivity contribution is -0.127. The Bertz CT molecular complexity index is 1350. The Labute approximate surface area is 211 Å². The fourth-order valence-corrected chi connectivity index (χ4v) is 4.55. The maximum Gasteiger partial charge on any atom is 0.246 e. The van der Waals surface area contributed by atoms with Crippen molar-refractivity contribution in [1.82, 2.24) is 24.6 Å². The van der Waals surface area contributed by atoms with Crippen molar-refractivity contribution in [3.63, 3.8) is 0 Å². The first-order chi connectivity index (χ1) is 17.1. The van der Waals surface area contributed by atoms with Gasteiger partial charge in [0.15, 0.2) is 5.65 Å². The average Bonchev–Trinajstić information content (AvgIpc) is 3.29. The van der Waals surface area contributed by atoms with Gasteiger partial charge in [-0.3, -0.25) is 4.79 Å². The molecule has 5 rings (SSSR count). The van der Waals surface area contributed by atoms with E-state index in [0.717, 1.165) is 36.4 Å². The number of nitrogen functional groups attached to an aromatic ring is 1. The molecule has 1 atom stereocenters. The number of para-hydroxylation sites is 1. The fraction of sp³-hybridized carbons (Fsp3) is 0.231. The molecule has 3 heterocycles. The van der Waals surface area contributed by atoms with E-state index in [9.17, 15) is 4.79 Å². The lowest BCUT2D eigenvalue weighted by Crippen LogP contribution is -2.40. The molecule has 2 aromatic carbocycles. The fourth-order valence-electron chi connectivity index (χ4n) is 4.36. The van der Waals surface area contributed by atoms with Crippen LogP contribution in [0.3, 0.4) is 0 Å². The highest BCUT2D eigenvalue weighted by atomic mass is 79.9. The first-order valence-electron chi connectivity index (χ1n) is 11.5. The molecule has 1 amide bonds. The predicted molar refractivity (Wildman–Crippen MR) is 139 cm³/mol. The second-order valence-electron chi connectivity index (χ2n) is 8.33. The van der Waals surface area contributed by atoms with Crippen LogP contribution in [0.4, 0.5) is 5.82 Å². The molecule has 0 bridgehead atoms. The van der Waals surface area contributed by atoms with Crippen molar-refractivity contribution in [1.29, 1.82) is 0 Å². The number of benzene rings is 2. The molecule has 8 nitrogen and oxygen atoms in total. The van der Waals surface area contributed by atoms with Crippen LogP contribution in [0.1, 0.15) is 18.9 Å². The van der Waals surface area contributed by atoms with E-state index in [-0.39, 0.29) is 11.9 Å². The molecule has 9 heteroatoms. The third-order valence-electron chi connectivity index (χ3n) is 6.03. The Balaban J connectivity index is 1.46. The number of ether oxygens (including phenoxy) is 1. The SMILES string of the molecule is Nc1ncnc2c1c(-c1ccc(Oc3ccccc3)cc1)nn2[C@H]1CCCN(C(=O)/C=C/CBr)C1. The van der Waals surface area contributed by atoms with Crippen molar-refractivity contribution in [3.05, 3.63) is 73.1 Å². The Hall–Kier alpha value is -3.72. The van der Waals surface area contributed by atoms with Gasteiger partial charge >= 0.3 is 0 Å². The van der Waals surface area contributed by atoms with E-state index in [1.165, 1.54) is 6.33 Å². The van der Waals surface area contributed by atoms with E-state index >= 15 is 0 Å². The summed E-state index contributed by atoms with van der Waals surface area (Å²) in [7, 11) is 0. The molecule has 1 fully saturated rings. The summed E-state index contributed by atoms with van der Waals surface area (Å²) in [6.45, 7) is 1.30. The monoisotopic (exact) mass is 532 g/mol. The van der Waals surface area contributed by atoms with Gasteiger partial charge in [-0.1, -0.05) is 40.2 Å². The molecule has 1 saturated heterocycles. The number of aromatic nitrogens is 4. The second-order valence-corrected chi connectivity index (χ2v) is 8.97. The number of amides is 1. The molecular weight excluding hydrogens is 508 g/mol. The van der Waals surface area contributed by atoms with Gasteiger partial charge < -0.3 is 15.4 Å². The molecule has 1 aliphatic rings. The Kier molecular flexibility index (Phi) is 6.76. The van der Waals surface area contributed by atoms with Gasteiger partial charge in [0, 0.05) is 24.0 Å². The van der Waals surface area contributed by atoms with Crippen LogP contribution < -0.4 is 10.5 Å². The summed E-state index contributed by atoms with van der Waals surface area (Å²) >= 11 is 3.32. The summed E-state index contributed by atoms with van der Waals surface area (Å²) in [5.41, 5.74) is 8.57. The number of rotatable bonds is 6. The third-order valence-corrected chi connectivity index (χ3v) is 6.40. The van der Waals surface area contributed by atoms with E-state index in [4.69, 9.17) is 15.6 Å². The number of fused-ring (bicyclic) bond motifs is 1. The smallest absolute Gasteiger partial charge is 0.246 e. The van der Waals surface area contributed by atoms with Gasteiger partial charge in [0.25, 0.3) is 0 Å². The van der Waals surface area contributed by atoms with Crippen LogP contribution in [-0.4, -0.2) is 49.0 Å². The minimum absolute atomic E-state index is 0.00342. The van der Waals surface area contributed by atoms with Crippen LogP contribution >= 0.6 is 15.9 Å². The van der Waals surface area contributed by atoms with Crippen molar-refractivity contribution in [2.45, 2.75) is 18.9 Å². The zero-order chi connectivity index (χ0) is 24.2. The summed E-state index contributed by atoms with van der Waals surface area (Å²) in [6.07, 6.45) is 6.67. The molecule has 0 saturated carbocycles. The van der Waals surface area contributed by atoms with Crippen molar-refractivity contribution < 1.29 is 9.53 Å². The zero-order valence-electron chi connectivity index (χ0n) is 19.0. The topological polar surface area (TPSA) is 99.2 Å². The number of carbonyl (C=O) groups excluding carboxylic acids is 1. The molecule has 0 unspecified atom stereocenters. The van der Waals surface area contributed by atoms with E-state index in [1.807, 2.05) is 70.3 Å². The van der Waals surface area contributed by atoms with Crippen LogP contribution in [0.25, 0.3) is 22.3 Å². The third kappa shape index (κ3) is 4.90. The Morgan fingerprint density at radius 3 is 2.66 bits per heavy atom. The molecule has 178 valence electrons. The van der Waals surface area contributed by atoms with Gasteiger partial charge in [-0.15, -0.1) is 0 Å². The number of hydrogen-bond donors (Lipinski definition) is 1. The lowest BCUT2D eigenvalue weighted by Gasteiger charge is -2.32. The highest BCUT2D eigenvalue weighted by molar-refractivity contribution is 9.09. The van der Waals surface area contributed by atoms with Crippen molar-refractivity contribution >= 4 is 38.7 Å². The molecule has 1 aliphatic heterocycles. The Morgan fingerprint density at radius 1 is 1.11 bits per heavy atom. The first kappa shape index (κ1) is 23.0. The second kappa shape index (κ2) is 10.3. The highest BCUT2D eigenvalue weighted by Crippen LogP contribution is 2.34. The van der Waals surface area contributed by atoms with E-state index < -0.39 is 0 Å². The van der Waals surface area contributed by atoms with Crippen molar-refractivity contribution in [3.8, 4) is 22.8 Å². The van der Waals surface area contributed by atoms with Crippen LogP contribution in [0.5, 0.6) is 11.5 Å². The molecule has 2 aromatic heterocycles. The summed E-state index contributed by atoms with van der Waals surface area (Å²) < 4.78 is 7.83. The summed E-state index contributed by atoms with van der Waals surface area (Å²) in [6, 6.07) is 17.4. The lowest BCUT2D eigenvalue weighted by atomic mass is 10.1. The van der Waals surface area contributed by atoms with Crippen molar-refractivity contribution in [2.24, 2.45) is 0 Å². The van der Waals surface area contributed by atoms with Crippen LogP contribution in [0, 0.1) is 0 Å². The standard InChI is InChI=1S/C26H25BrN6O2/c27-14-4-9-22(34)32-15-5-6-19(16-32)33-26-23(25(28)29-17-30-26)24(31-33)18-10-12-21(13-11-18)35-20-7-2-1-3-8-20/h1-4,7-13,17,19H,5-6,14-16H2,(H2,28,29,30)/b9-4+/t19-/m0/s1.